The molecule has 3 N–H and O–H groups in total. The van der Waals surface area contributed by atoms with Crippen molar-refractivity contribution in [2.75, 3.05) is 12.0 Å². The summed E-state index contributed by atoms with van der Waals surface area (Å²) in [7, 11) is 1.03. The molecule has 2 aliphatic rings. The van der Waals surface area contributed by atoms with Crippen molar-refractivity contribution in [3.8, 4) is 0 Å². The zero-order valence-corrected chi connectivity index (χ0v) is 13.7. The predicted molar refractivity (Wildman–Crippen MR) is 82.7 cm³/mol. The number of imide groups is 1. The van der Waals surface area contributed by atoms with E-state index in [0.717, 1.165) is 12.0 Å². The fraction of sp³-hybridized carbons (Fsp3) is 0.143. The van der Waals surface area contributed by atoms with E-state index in [1.165, 1.54) is 12.1 Å². The van der Waals surface area contributed by atoms with Gasteiger partial charge >= 0.3 is 12.0 Å². The van der Waals surface area contributed by atoms with Crippen LogP contribution in [0.4, 0.5) is 10.5 Å². The quantitative estimate of drug-likeness (QED) is 0.489. The zero-order chi connectivity index (χ0) is 17.6. The van der Waals surface area contributed by atoms with Crippen molar-refractivity contribution >= 4 is 45.4 Å². The number of esters is 1. The average molecular weight is 396 g/mol. The van der Waals surface area contributed by atoms with Crippen molar-refractivity contribution in [1.82, 2.24) is 10.6 Å². The number of carbonyl (C=O) groups excluding carboxylic acids is 4. The second-order valence-corrected chi connectivity index (χ2v) is 5.87. The number of ether oxygens (including phenoxy) is 1. The molecule has 24 heavy (non-hydrogen) atoms. The molecular formula is C14H10BrN3O6. The summed E-state index contributed by atoms with van der Waals surface area (Å²) in [5.41, 5.74) is -2.67. The van der Waals surface area contributed by atoms with Gasteiger partial charge in [0.2, 0.25) is 5.66 Å². The number of benzene rings is 1. The summed E-state index contributed by atoms with van der Waals surface area (Å²) in [5, 5.41) is 14.3. The lowest BCUT2D eigenvalue weighted by Gasteiger charge is -2.32. The van der Waals surface area contributed by atoms with E-state index in [1.54, 1.807) is 12.1 Å². The number of hydrogen-bond acceptors (Lipinski definition) is 6. The summed E-state index contributed by atoms with van der Waals surface area (Å²) >= 11 is 3.24. The molecule has 1 aromatic rings. The van der Waals surface area contributed by atoms with E-state index in [-0.39, 0.29) is 5.69 Å². The molecule has 1 fully saturated rings. The summed E-state index contributed by atoms with van der Waals surface area (Å²) in [6, 6.07) is 5.24. The van der Waals surface area contributed by atoms with E-state index in [9.17, 15) is 24.3 Å². The van der Waals surface area contributed by atoms with Crippen molar-refractivity contribution < 1.29 is 29.0 Å². The number of nitrogens with one attached hydrogen (secondary N) is 2. The van der Waals surface area contributed by atoms with Crippen LogP contribution in [-0.4, -0.2) is 41.7 Å². The van der Waals surface area contributed by atoms with Crippen molar-refractivity contribution in [3.05, 3.63) is 40.1 Å². The van der Waals surface area contributed by atoms with E-state index in [1.807, 2.05) is 5.32 Å². The summed E-state index contributed by atoms with van der Waals surface area (Å²) in [4.78, 5) is 49.5. The van der Waals surface area contributed by atoms with Crippen LogP contribution in [0.2, 0.25) is 0 Å². The summed E-state index contributed by atoms with van der Waals surface area (Å²) in [6.45, 7) is 0. The molecule has 2 heterocycles. The van der Waals surface area contributed by atoms with Gasteiger partial charge in [-0.15, -0.1) is 0 Å². The third-order valence-corrected chi connectivity index (χ3v) is 4.19. The molecule has 9 nitrogen and oxygen atoms in total. The van der Waals surface area contributed by atoms with Crippen LogP contribution < -0.4 is 15.5 Å². The van der Waals surface area contributed by atoms with Crippen molar-refractivity contribution in [2.24, 2.45) is 0 Å². The van der Waals surface area contributed by atoms with Gasteiger partial charge in [-0.05, 0) is 24.3 Å². The number of methoxy groups -OCH3 is 1. The molecule has 0 bridgehead atoms. The third-order valence-electron chi connectivity index (χ3n) is 3.66. The Morgan fingerprint density at radius 1 is 1.25 bits per heavy atom. The van der Waals surface area contributed by atoms with E-state index in [0.29, 0.717) is 4.47 Å². The van der Waals surface area contributed by atoms with Crippen LogP contribution in [-0.2, 0) is 19.1 Å². The SMILES string of the molecule is COC(=O)C1=C(O)C(=O)N(c2ccc(Br)cc2)C12NC(=O)NC2=O. The molecule has 1 spiro atoms. The average Bonchev–Trinajstić information content (AvgIpc) is 2.94. The molecule has 124 valence electrons. The Bertz CT molecular complexity index is 818. The zero-order valence-electron chi connectivity index (χ0n) is 12.1. The van der Waals surface area contributed by atoms with E-state index < -0.39 is 40.8 Å². The fourth-order valence-corrected chi connectivity index (χ4v) is 2.94. The summed E-state index contributed by atoms with van der Waals surface area (Å²) < 4.78 is 5.26. The molecule has 2 aliphatic heterocycles. The van der Waals surface area contributed by atoms with Crippen LogP contribution in [0.15, 0.2) is 40.1 Å². The minimum Gasteiger partial charge on any atom is -0.503 e. The van der Waals surface area contributed by atoms with Gasteiger partial charge in [-0.3, -0.25) is 19.8 Å². The summed E-state index contributed by atoms with van der Waals surface area (Å²) in [5.74, 6) is -4.08. The highest BCUT2D eigenvalue weighted by atomic mass is 79.9. The number of halogens is 1. The number of aliphatic hydroxyl groups is 1. The van der Waals surface area contributed by atoms with Crippen LogP contribution in [0.3, 0.4) is 0 Å². The lowest BCUT2D eigenvalue weighted by Crippen LogP contribution is -2.62. The normalized spacial score (nSPS) is 22.9. The van der Waals surface area contributed by atoms with Gasteiger partial charge in [0.25, 0.3) is 11.8 Å². The molecule has 1 saturated heterocycles. The molecule has 10 heteroatoms. The number of rotatable bonds is 2. The molecule has 3 rings (SSSR count). The maximum Gasteiger partial charge on any atom is 0.342 e. The van der Waals surface area contributed by atoms with Crippen LogP contribution in [0.5, 0.6) is 0 Å². The van der Waals surface area contributed by atoms with Crippen LogP contribution in [0, 0.1) is 0 Å². The van der Waals surface area contributed by atoms with Crippen molar-refractivity contribution in [3.63, 3.8) is 0 Å². The second-order valence-electron chi connectivity index (χ2n) is 4.95. The molecule has 0 aromatic heterocycles. The first-order valence-electron chi connectivity index (χ1n) is 6.58. The van der Waals surface area contributed by atoms with Gasteiger partial charge in [-0.25, -0.2) is 9.59 Å². The lowest BCUT2D eigenvalue weighted by atomic mass is 9.99. The molecule has 1 unspecified atom stereocenters. The maximum absolute atomic E-state index is 12.5. The van der Waals surface area contributed by atoms with E-state index in [2.05, 4.69) is 26.0 Å². The van der Waals surface area contributed by atoms with Gasteiger partial charge < -0.3 is 15.2 Å². The first-order chi connectivity index (χ1) is 11.3. The van der Waals surface area contributed by atoms with Crippen molar-refractivity contribution in [1.29, 1.82) is 0 Å². The third kappa shape index (κ3) is 1.99. The number of nitrogens with zero attached hydrogens (tertiary/aromatic N) is 1. The van der Waals surface area contributed by atoms with Gasteiger partial charge in [0, 0.05) is 10.2 Å². The number of carbonyl (C=O) groups is 4. The van der Waals surface area contributed by atoms with Gasteiger partial charge in [0.05, 0.1) is 7.11 Å². The molecule has 0 saturated carbocycles. The number of amides is 4. The van der Waals surface area contributed by atoms with Gasteiger partial charge in [0.15, 0.2) is 5.76 Å². The largest absolute Gasteiger partial charge is 0.503 e. The Labute approximate surface area is 143 Å². The Hall–Kier alpha value is -2.88. The fourth-order valence-electron chi connectivity index (χ4n) is 2.68. The highest BCUT2D eigenvalue weighted by molar-refractivity contribution is 9.10. The number of urea groups is 1. The maximum atomic E-state index is 12.5. The van der Waals surface area contributed by atoms with Crippen LogP contribution in [0.25, 0.3) is 0 Å². The Balaban J connectivity index is 2.24. The summed E-state index contributed by atoms with van der Waals surface area (Å²) in [6.07, 6.45) is 0. The topological polar surface area (TPSA) is 125 Å². The smallest absolute Gasteiger partial charge is 0.342 e. The number of aliphatic hydroxyl groups excluding tert-OH is 1. The second kappa shape index (κ2) is 5.34. The molecule has 4 amide bonds. The monoisotopic (exact) mass is 395 g/mol. The molecule has 0 radical (unpaired) electrons. The molecule has 1 aromatic carbocycles. The van der Waals surface area contributed by atoms with Crippen molar-refractivity contribution in [2.45, 2.75) is 5.66 Å². The van der Waals surface area contributed by atoms with Gasteiger partial charge in [-0.1, -0.05) is 15.9 Å². The van der Waals surface area contributed by atoms with Crippen LogP contribution >= 0.6 is 15.9 Å². The highest BCUT2D eigenvalue weighted by Gasteiger charge is 2.65. The number of hydrogen-bond donors (Lipinski definition) is 3. The first kappa shape index (κ1) is 16.0. The van der Waals surface area contributed by atoms with Crippen LogP contribution in [0.1, 0.15) is 0 Å². The van der Waals surface area contributed by atoms with Gasteiger partial charge in [0.1, 0.15) is 5.57 Å². The van der Waals surface area contributed by atoms with E-state index >= 15 is 0 Å². The molecule has 1 atom stereocenters. The van der Waals surface area contributed by atoms with E-state index in [4.69, 9.17) is 0 Å². The minimum atomic E-state index is -2.21. The molecule has 0 aliphatic carbocycles. The highest BCUT2D eigenvalue weighted by Crippen LogP contribution is 2.39. The Morgan fingerprint density at radius 3 is 2.38 bits per heavy atom. The van der Waals surface area contributed by atoms with Gasteiger partial charge in [-0.2, -0.15) is 0 Å². The lowest BCUT2D eigenvalue weighted by molar-refractivity contribution is -0.138. The minimum absolute atomic E-state index is 0.186. The predicted octanol–water partition coefficient (Wildman–Crippen LogP) is 0.317. The Kier molecular flexibility index (Phi) is 3.56. The first-order valence-corrected chi connectivity index (χ1v) is 7.38. The standard InChI is InChI=1S/C14H10BrN3O6/c1-24-11(21)8-9(19)10(20)18(7-4-2-6(15)3-5-7)14(8)12(22)16-13(23)17-14/h2-5,19H,1H3,(H2,16,17,22,23). The molecular weight excluding hydrogens is 386 g/mol. The number of anilines is 1. The Morgan fingerprint density at radius 2 is 1.88 bits per heavy atom.